The van der Waals surface area contributed by atoms with Crippen molar-refractivity contribution in [2.45, 2.75) is 36.7 Å². The quantitative estimate of drug-likeness (QED) is 0.885. The number of benzene rings is 1. The lowest BCUT2D eigenvalue weighted by Crippen LogP contribution is -2.36. The van der Waals surface area contributed by atoms with Crippen LogP contribution in [-0.2, 0) is 10.0 Å². The normalized spacial score (nSPS) is 24.3. The number of aliphatic hydroxyl groups excluding tert-OH is 1. The van der Waals surface area contributed by atoms with Crippen molar-refractivity contribution in [1.82, 2.24) is 4.72 Å². The Hall–Kier alpha value is -0.980. The van der Waals surface area contributed by atoms with Crippen molar-refractivity contribution in [3.63, 3.8) is 0 Å². The van der Waals surface area contributed by atoms with E-state index in [0.29, 0.717) is 0 Å². The molecule has 0 amide bonds. The zero-order chi connectivity index (χ0) is 13.9. The van der Waals surface area contributed by atoms with Gasteiger partial charge in [-0.3, -0.25) is 0 Å². The Morgan fingerprint density at radius 3 is 2.47 bits per heavy atom. The summed E-state index contributed by atoms with van der Waals surface area (Å²) >= 11 is 0. The monoisotopic (exact) mass is 287 g/mol. The number of halogens is 1. The SMILES string of the molecule is O=S(=O)(NCC1CCCCC1O)c1ccc(F)cc1. The van der Waals surface area contributed by atoms with Crippen LogP contribution in [0.25, 0.3) is 0 Å². The van der Waals surface area contributed by atoms with Crippen LogP contribution in [0, 0.1) is 11.7 Å². The van der Waals surface area contributed by atoms with Crippen LogP contribution >= 0.6 is 0 Å². The third-order valence-corrected chi connectivity index (χ3v) is 4.97. The Kier molecular flexibility index (Phi) is 4.54. The first kappa shape index (κ1) is 14.4. The number of hydrogen-bond acceptors (Lipinski definition) is 3. The predicted octanol–water partition coefficient (Wildman–Crippen LogP) is 1.66. The number of rotatable bonds is 4. The molecule has 2 atom stereocenters. The second-order valence-electron chi connectivity index (χ2n) is 4.92. The Bertz CT molecular complexity index is 515. The van der Waals surface area contributed by atoms with E-state index in [-0.39, 0.29) is 17.4 Å². The fraction of sp³-hybridized carbons (Fsp3) is 0.538. The minimum Gasteiger partial charge on any atom is -0.393 e. The van der Waals surface area contributed by atoms with Crippen LogP contribution < -0.4 is 4.72 Å². The van der Waals surface area contributed by atoms with E-state index >= 15 is 0 Å². The van der Waals surface area contributed by atoms with Crippen molar-refractivity contribution >= 4 is 10.0 Å². The van der Waals surface area contributed by atoms with Gasteiger partial charge in [0.1, 0.15) is 5.82 Å². The Labute approximate surface area is 112 Å². The van der Waals surface area contributed by atoms with Crippen molar-refractivity contribution in [2.24, 2.45) is 5.92 Å². The van der Waals surface area contributed by atoms with Gasteiger partial charge in [0.05, 0.1) is 11.0 Å². The first-order valence-electron chi connectivity index (χ1n) is 6.42. The smallest absolute Gasteiger partial charge is 0.240 e. The molecular formula is C13H18FNO3S. The van der Waals surface area contributed by atoms with Gasteiger partial charge in [0.15, 0.2) is 0 Å². The van der Waals surface area contributed by atoms with Crippen LogP contribution in [0.4, 0.5) is 4.39 Å². The van der Waals surface area contributed by atoms with Gasteiger partial charge in [-0.05, 0) is 43.0 Å². The molecule has 0 aliphatic heterocycles. The molecule has 0 aromatic heterocycles. The zero-order valence-corrected chi connectivity index (χ0v) is 11.4. The highest BCUT2D eigenvalue weighted by atomic mass is 32.2. The van der Waals surface area contributed by atoms with Gasteiger partial charge >= 0.3 is 0 Å². The summed E-state index contributed by atoms with van der Waals surface area (Å²) < 4.78 is 39.2. The van der Waals surface area contributed by atoms with Crippen molar-refractivity contribution in [3.8, 4) is 0 Å². The lowest BCUT2D eigenvalue weighted by Gasteiger charge is -2.27. The van der Waals surface area contributed by atoms with Crippen LogP contribution in [0.5, 0.6) is 0 Å². The van der Waals surface area contributed by atoms with Gasteiger partial charge in [0.2, 0.25) is 10.0 Å². The van der Waals surface area contributed by atoms with Crippen LogP contribution in [0.15, 0.2) is 29.2 Å². The Morgan fingerprint density at radius 2 is 1.84 bits per heavy atom. The summed E-state index contributed by atoms with van der Waals surface area (Å²) in [4.78, 5) is 0.0409. The van der Waals surface area contributed by atoms with Gasteiger partial charge in [-0.15, -0.1) is 0 Å². The molecule has 2 rings (SSSR count). The lowest BCUT2D eigenvalue weighted by atomic mass is 9.87. The molecule has 1 aliphatic carbocycles. The van der Waals surface area contributed by atoms with E-state index in [1.54, 1.807) is 0 Å². The van der Waals surface area contributed by atoms with Crippen LogP contribution in [-0.4, -0.2) is 26.2 Å². The highest BCUT2D eigenvalue weighted by molar-refractivity contribution is 7.89. The van der Waals surface area contributed by atoms with E-state index in [1.807, 2.05) is 0 Å². The molecule has 6 heteroatoms. The molecule has 4 nitrogen and oxygen atoms in total. The summed E-state index contributed by atoms with van der Waals surface area (Å²) in [7, 11) is -3.63. The molecule has 1 saturated carbocycles. The molecule has 2 unspecified atom stereocenters. The van der Waals surface area contributed by atoms with E-state index in [4.69, 9.17) is 0 Å². The molecule has 0 radical (unpaired) electrons. The topological polar surface area (TPSA) is 66.4 Å². The van der Waals surface area contributed by atoms with Crippen molar-refractivity contribution < 1.29 is 17.9 Å². The molecular weight excluding hydrogens is 269 g/mol. The average molecular weight is 287 g/mol. The number of hydrogen-bond donors (Lipinski definition) is 2. The largest absolute Gasteiger partial charge is 0.393 e. The first-order valence-corrected chi connectivity index (χ1v) is 7.90. The minimum absolute atomic E-state index is 0.0380. The van der Waals surface area contributed by atoms with Crippen molar-refractivity contribution in [1.29, 1.82) is 0 Å². The standard InChI is InChI=1S/C13H18FNO3S/c14-11-5-7-12(8-6-11)19(17,18)15-9-10-3-1-2-4-13(10)16/h5-8,10,13,15-16H,1-4,9H2. The lowest BCUT2D eigenvalue weighted by molar-refractivity contribution is 0.0724. The molecule has 106 valence electrons. The van der Waals surface area contributed by atoms with Gasteiger partial charge in [-0.1, -0.05) is 12.8 Å². The second kappa shape index (κ2) is 5.98. The van der Waals surface area contributed by atoms with E-state index in [1.165, 1.54) is 12.1 Å². The molecule has 0 saturated heterocycles. The molecule has 2 N–H and O–H groups in total. The van der Waals surface area contributed by atoms with Crippen molar-refractivity contribution in [2.75, 3.05) is 6.54 Å². The predicted molar refractivity (Wildman–Crippen MR) is 69.6 cm³/mol. The maximum atomic E-state index is 12.8. The van der Waals surface area contributed by atoms with E-state index < -0.39 is 21.9 Å². The van der Waals surface area contributed by atoms with Gasteiger partial charge < -0.3 is 5.11 Å². The zero-order valence-electron chi connectivity index (χ0n) is 10.5. The number of sulfonamides is 1. The third-order valence-electron chi connectivity index (χ3n) is 3.53. The van der Waals surface area contributed by atoms with Gasteiger partial charge in [-0.25, -0.2) is 17.5 Å². The van der Waals surface area contributed by atoms with Gasteiger partial charge in [0, 0.05) is 6.54 Å². The summed E-state index contributed by atoms with van der Waals surface area (Å²) in [5.41, 5.74) is 0. The number of nitrogens with one attached hydrogen (secondary N) is 1. The summed E-state index contributed by atoms with van der Waals surface area (Å²) in [5.74, 6) is -0.509. The Balaban J connectivity index is 1.99. The van der Waals surface area contributed by atoms with Crippen LogP contribution in [0.2, 0.25) is 0 Å². The van der Waals surface area contributed by atoms with Crippen molar-refractivity contribution in [3.05, 3.63) is 30.1 Å². The second-order valence-corrected chi connectivity index (χ2v) is 6.68. The fourth-order valence-electron chi connectivity index (χ4n) is 2.34. The average Bonchev–Trinajstić information content (AvgIpc) is 2.38. The summed E-state index contributed by atoms with van der Waals surface area (Å²) in [6.45, 7) is 0.223. The summed E-state index contributed by atoms with van der Waals surface area (Å²) in [6.07, 6.45) is 3.11. The first-order chi connectivity index (χ1) is 8.99. The number of aliphatic hydroxyl groups is 1. The van der Waals surface area contributed by atoms with E-state index in [2.05, 4.69) is 4.72 Å². The van der Waals surface area contributed by atoms with Gasteiger partial charge in [0.25, 0.3) is 0 Å². The minimum atomic E-state index is -3.63. The van der Waals surface area contributed by atoms with E-state index in [0.717, 1.165) is 37.8 Å². The molecule has 0 spiro atoms. The molecule has 0 heterocycles. The Morgan fingerprint density at radius 1 is 1.21 bits per heavy atom. The highest BCUT2D eigenvalue weighted by Crippen LogP contribution is 2.24. The fourth-order valence-corrected chi connectivity index (χ4v) is 3.43. The molecule has 1 fully saturated rings. The van der Waals surface area contributed by atoms with Crippen LogP contribution in [0.3, 0.4) is 0 Å². The maximum absolute atomic E-state index is 12.8. The maximum Gasteiger partial charge on any atom is 0.240 e. The molecule has 1 aromatic carbocycles. The third kappa shape index (κ3) is 3.75. The van der Waals surface area contributed by atoms with E-state index in [9.17, 15) is 17.9 Å². The summed E-state index contributed by atoms with van der Waals surface area (Å²) in [5, 5.41) is 9.79. The molecule has 0 bridgehead atoms. The molecule has 1 aromatic rings. The molecule has 19 heavy (non-hydrogen) atoms. The molecule has 1 aliphatic rings. The highest BCUT2D eigenvalue weighted by Gasteiger charge is 2.25. The van der Waals surface area contributed by atoms with Crippen LogP contribution in [0.1, 0.15) is 25.7 Å². The summed E-state index contributed by atoms with van der Waals surface area (Å²) in [6, 6.07) is 4.69. The van der Waals surface area contributed by atoms with Gasteiger partial charge in [-0.2, -0.15) is 0 Å².